The fourth-order valence-electron chi connectivity index (χ4n) is 5.26. The van der Waals surface area contributed by atoms with Crippen LogP contribution in [-0.4, -0.2) is 11.0 Å². The molecule has 0 fully saturated rings. The van der Waals surface area contributed by atoms with E-state index >= 15 is 0 Å². The lowest BCUT2D eigenvalue weighted by Crippen LogP contribution is -2.13. The Balaban J connectivity index is 1.08. The van der Waals surface area contributed by atoms with E-state index < -0.39 is 0 Å². The molecule has 1 aromatic heterocycles. The van der Waals surface area contributed by atoms with Crippen molar-refractivity contribution in [1.29, 1.82) is 0 Å². The van der Waals surface area contributed by atoms with Crippen molar-refractivity contribution >= 4 is 72.1 Å². The molecule has 7 rings (SSSR count). The highest BCUT2D eigenvalue weighted by atomic mass is 32.1. The van der Waals surface area contributed by atoms with E-state index in [0.29, 0.717) is 22.5 Å². The molecule has 1 N–H and O–H groups in total. The molecule has 0 amide bonds. The fraction of sp³-hybridized carbons (Fsp3) is 0.103. The number of hydrogen-bond donors (Lipinski definition) is 1. The Bertz CT molecular complexity index is 2270. The van der Waals surface area contributed by atoms with Crippen LogP contribution in [0.3, 0.4) is 0 Å². The summed E-state index contributed by atoms with van der Waals surface area (Å²) in [6, 6.07) is 42.3. The second kappa shape index (κ2) is 14.2. The van der Waals surface area contributed by atoms with Crippen LogP contribution in [0, 0.1) is 0 Å². The zero-order valence-corrected chi connectivity index (χ0v) is 27.3. The molecule has 7 aromatic rings. The summed E-state index contributed by atoms with van der Waals surface area (Å²) in [5.41, 5.74) is 5.97. The number of hydrogen-bond acceptors (Lipinski definition) is 9. The number of fused-ring (bicyclic) bond motifs is 2. The van der Waals surface area contributed by atoms with Crippen molar-refractivity contribution in [1.82, 2.24) is 4.98 Å². The first kappa shape index (κ1) is 30.7. The molecule has 8 nitrogen and oxygen atoms in total. The smallest absolute Gasteiger partial charge is 0.230 e. The topological polar surface area (TPSA) is 99.1 Å². The monoisotopic (exact) mass is 644 g/mol. The number of nitrogens with one attached hydrogen (secondary N) is 1. The molecule has 0 aliphatic heterocycles. The SMILES string of the molecule is CCC(C)Nc1ccc(/N=N/c2ccc(/N=N/c3ccc(/N=N/c4ncc(-c5ccccc5)s4)cc3)c3ccccc23)c2ccccc12. The summed E-state index contributed by atoms with van der Waals surface area (Å²) in [5.74, 6) is 0. The molecule has 0 bridgehead atoms. The predicted molar refractivity (Wildman–Crippen MR) is 198 cm³/mol. The van der Waals surface area contributed by atoms with Crippen molar-refractivity contribution in [2.45, 2.75) is 26.3 Å². The average molecular weight is 645 g/mol. The van der Waals surface area contributed by atoms with Gasteiger partial charge < -0.3 is 5.32 Å². The quantitative estimate of drug-likeness (QED) is 0.150. The molecule has 1 heterocycles. The highest BCUT2D eigenvalue weighted by Gasteiger charge is 2.09. The molecule has 1 atom stereocenters. The Morgan fingerprint density at radius 3 is 1.67 bits per heavy atom. The van der Waals surface area contributed by atoms with Gasteiger partial charge in [0.1, 0.15) is 0 Å². The van der Waals surface area contributed by atoms with Crippen LogP contribution in [0.2, 0.25) is 0 Å². The summed E-state index contributed by atoms with van der Waals surface area (Å²) in [4.78, 5) is 5.44. The molecule has 0 radical (unpaired) electrons. The third-order valence-corrected chi connectivity index (χ3v) is 8.92. The van der Waals surface area contributed by atoms with E-state index in [9.17, 15) is 0 Å². The second-order valence-corrected chi connectivity index (χ2v) is 12.3. The minimum absolute atomic E-state index is 0.377. The van der Waals surface area contributed by atoms with Gasteiger partial charge in [-0.05, 0) is 67.4 Å². The number of thiazole rings is 1. The van der Waals surface area contributed by atoms with E-state index in [1.165, 1.54) is 11.3 Å². The third-order valence-electron chi connectivity index (χ3n) is 7.98. The highest BCUT2D eigenvalue weighted by molar-refractivity contribution is 7.18. The molecule has 0 spiro atoms. The molecule has 48 heavy (non-hydrogen) atoms. The summed E-state index contributed by atoms with van der Waals surface area (Å²) in [6.45, 7) is 4.37. The first-order valence-corrected chi connectivity index (χ1v) is 16.6. The summed E-state index contributed by atoms with van der Waals surface area (Å²) >= 11 is 1.50. The molecule has 9 heteroatoms. The van der Waals surface area contributed by atoms with Crippen molar-refractivity contribution in [3.63, 3.8) is 0 Å². The van der Waals surface area contributed by atoms with Crippen LogP contribution in [-0.2, 0) is 0 Å². The zero-order valence-electron chi connectivity index (χ0n) is 26.5. The third kappa shape index (κ3) is 6.91. The first-order valence-electron chi connectivity index (χ1n) is 15.8. The Hall–Kier alpha value is -5.93. The van der Waals surface area contributed by atoms with E-state index in [0.717, 1.165) is 61.2 Å². The number of aromatic nitrogens is 1. The van der Waals surface area contributed by atoms with Crippen molar-refractivity contribution in [3.05, 3.63) is 134 Å². The highest BCUT2D eigenvalue weighted by Crippen LogP contribution is 2.38. The molecular weight excluding hydrogens is 613 g/mol. The van der Waals surface area contributed by atoms with Gasteiger partial charge in [0.25, 0.3) is 0 Å². The molecule has 1 unspecified atom stereocenters. The van der Waals surface area contributed by atoms with E-state index in [4.69, 9.17) is 10.2 Å². The maximum atomic E-state index is 4.70. The molecular formula is C39H32N8S. The van der Waals surface area contributed by atoms with E-state index in [1.807, 2.05) is 97.2 Å². The molecule has 6 aromatic carbocycles. The Morgan fingerprint density at radius 1 is 0.562 bits per heavy atom. The van der Waals surface area contributed by atoms with E-state index in [2.05, 4.69) is 81.0 Å². The minimum atomic E-state index is 0.377. The van der Waals surface area contributed by atoms with Crippen LogP contribution in [0.1, 0.15) is 20.3 Å². The molecule has 234 valence electrons. The van der Waals surface area contributed by atoms with Gasteiger partial charge in [0, 0.05) is 39.5 Å². The average Bonchev–Trinajstić information content (AvgIpc) is 3.63. The van der Waals surface area contributed by atoms with Crippen LogP contribution in [0.25, 0.3) is 32.0 Å². The molecule has 0 saturated heterocycles. The standard InChI is InChI=1S/C39H32N8S/c1-3-26(2)41-34-21-22-36(31-14-8-7-13-30(31)34)45-46-37-24-23-35(32-15-9-10-16-33(32)37)44-42-28-17-19-29(20-18-28)43-47-39-40-25-38(48-39)27-11-5-4-6-12-27/h4-26,41H,3H2,1-2H3/b44-42+,46-45+,47-43+. The van der Waals surface area contributed by atoms with Crippen LogP contribution in [0.15, 0.2) is 164 Å². The van der Waals surface area contributed by atoms with Crippen LogP contribution >= 0.6 is 11.3 Å². The molecule has 0 aliphatic carbocycles. The van der Waals surface area contributed by atoms with Gasteiger partial charge in [0.2, 0.25) is 5.13 Å². The predicted octanol–water partition coefficient (Wildman–Crippen LogP) is 13.6. The normalized spacial score (nSPS) is 12.5. The first-order chi connectivity index (χ1) is 23.6. The number of nitrogens with zero attached hydrogens (tertiary/aromatic N) is 7. The number of anilines is 1. The van der Waals surface area contributed by atoms with Gasteiger partial charge in [0.05, 0.1) is 33.3 Å². The van der Waals surface area contributed by atoms with Crippen LogP contribution in [0.5, 0.6) is 0 Å². The Kier molecular flexibility index (Phi) is 9.11. The molecule has 0 aliphatic rings. The van der Waals surface area contributed by atoms with E-state index in [1.54, 1.807) is 0 Å². The summed E-state index contributed by atoms with van der Waals surface area (Å²) in [5, 5.41) is 35.4. The van der Waals surface area contributed by atoms with Gasteiger partial charge in [-0.2, -0.15) is 5.11 Å². The van der Waals surface area contributed by atoms with Gasteiger partial charge in [0.15, 0.2) is 0 Å². The Labute approximate surface area is 282 Å². The Morgan fingerprint density at radius 2 is 1.06 bits per heavy atom. The van der Waals surface area contributed by atoms with Gasteiger partial charge in [-0.15, -0.1) is 25.6 Å². The minimum Gasteiger partial charge on any atom is -0.382 e. The summed E-state index contributed by atoms with van der Waals surface area (Å²) < 4.78 is 0. The maximum Gasteiger partial charge on any atom is 0.230 e. The van der Waals surface area contributed by atoms with Crippen LogP contribution < -0.4 is 5.32 Å². The number of rotatable bonds is 10. The lowest BCUT2D eigenvalue weighted by Gasteiger charge is -2.15. The number of azo groups is 3. The number of benzene rings is 6. The van der Waals surface area contributed by atoms with Crippen molar-refractivity contribution in [3.8, 4) is 10.4 Å². The lowest BCUT2D eigenvalue weighted by molar-refractivity contribution is 0.765. The van der Waals surface area contributed by atoms with Gasteiger partial charge in [-0.25, -0.2) is 4.98 Å². The second-order valence-electron chi connectivity index (χ2n) is 11.3. The van der Waals surface area contributed by atoms with Crippen molar-refractivity contribution in [2.75, 3.05) is 5.32 Å². The van der Waals surface area contributed by atoms with Gasteiger partial charge >= 0.3 is 0 Å². The van der Waals surface area contributed by atoms with Gasteiger partial charge in [-0.3, -0.25) is 0 Å². The fourth-order valence-corrected chi connectivity index (χ4v) is 6.00. The maximum absolute atomic E-state index is 4.70. The lowest BCUT2D eigenvalue weighted by atomic mass is 10.1. The largest absolute Gasteiger partial charge is 0.382 e. The van der Waals surface area contributed by atoms with Crippen molar-refractivity contribution in [2.24, 2.45) is 30.7 Å². The van der Waals surface area contributed by atoms with E-state index in [-0.39, 0.29) is 0 Å². The molecule has 0 saturated carbocycles. The van der Waals surface area contributed by atoms with Crippen LogP contribution in [0.4, 0.5) is 39.3 Å². The summed E-state index contributed by atoms with van der Waals surface area (Å²) in [6.07, 6.45) is 2.87. The van der Waals surface area contributed by atoms with Crippen molar-refractivity contribution < 1.29 is 0 Å². The summed E-state index contributed by atoms with van der Waals surface area (Å²) in [7, 11) is 0. The van der Waals surface area contributed by atoms with Gasteiger partial charge in [-0.1, -0.05) is 97.1 Å². The zero-order chi connectivity index (χ0) is 32.7.